The molecule has 1 aliphatic heterocycles. The van der Waals surface area contributed by atoms with E-state index in [1.54, 1.807) is 0 Å². The van der Waals surface area contributed by atoms with Gasteiger partial charge in [-0.05, 0) is 54.7 Å². The van der Waals surface area contributed by atoms with Crippen molar-refractivity contribution in [2.75, 3.05) is 0 Å². The monoisotopic (exact) mass is 430 g/mol. The number of nitrogens with one attached hydrogen (secondary N) is 1. The summed E-state index contributed by atoms with van der Waals surface area (Å²) in [5.41, 5.74) is 1.88. The molecule has 30 heavy (non-hydrogen) atoms. The Hall–Kier alpha value is -2.25. The highest BCUT2D eigenvalue weighted by Crippen LogP contribution is 2.30. The average molecular weight is 431 g/mol. The zero-order valence-corrected chi connectivity index (χ0v) is 17.7. The molecule has 0 saturated heterocycles. The molecule has 1 amide bonds. The largest absolute Gasteiger partial charge is 0.352 e. The molecular weight excluding hydrogens is 403 g/mol. The number of carbonyl (C=O) groups excluding carboxylic acids is 1. The fourth-order valence-electron chi connectivity index (χ4n) is 4.44. The van der Waals surface area contributed by atoms with E-state index in [0.717, 1.165) is 48.9 Å². The first kappa shape index (κ1) is 21.0. The summed E-state index contributed by atoms with van der Waals surface area (Å²) in [5, 5.41) is 3.12. The Morgan fingerprint density at radius 1 is 0.933 bits per heavy atom. The Balaban J connectivity index is 1.64. The molecule has 7 heteroatoms. The second kappa shape index (κ2) is 8.86. The minimum absolute atomic E-state index is 0.00412. The van der Waals surface area contributed by atoms with Gasteiger partial charge < -0.3 is 5.32 Å². The number of rotatable bonds is 4. The maximum atomic E-state index is 13.4. The Morgan fingerprint density at radius 2 is 1.57 bits per heavy atom. The maximum absolute atomic E-state index is 13.4. The number of hydrogen-bond acceptors (Lipinski definition) is 3. The van der Waals surface area contributed by atoms with Crippen molar-refractivity contribution in [3.8, 4) is 0 Å². The standard InChI is InChI=1S/C23H27FN2O3S/c24-19-11-13-21(14-12-19)30(28,29)26-16-18-8-6-5-7-17(18)15-22(26)23(27)25-20-9-3-1-2-4-10-20/h5-8,11-14,20,22H,1-4,9-10,15-16H2,(H,25,27)/t22-/m1/s1. The third-order valence-electron chi connectivity index (χ3n) is 6.13. The molecule has 2 aliphatic rings. The van der Waals surface area contributed by atoms with Crippen LogP contribution in [0.1, 0.15) is 49.7 Å². The molecule has 0 aromatic heterocycles. The van der Waals surface area contributed by atoms with Crippen LogP contribution in [0, 0.1) is 5.82 Å². The van der Waals surface area contributed by atoms with E-state index >= 15 is 0 Å². The summed E-state index contributed by atoms with van der Waals surface area (Å²) in [6.45, 7) is 0.124. The molecule has 0 spiro atoms. The maximum Gasteiger partial charge on any atom is 0.244 e. The minimum Gasteiger partial charge on any atom is -0.352 e. The van der Waals surface area contributed by atoms with Crippen molar-refractivity contribution in [2.24, 2.45) is 0 Å². The van der Waals surface area contributed by atoms with Crippen molar-refractivity contribution >= 4 is 15.9 Å². The van der Waals surface area contributed by atoms with Crippen LogP contribution < -0.4 is 5.32 Å². The lowest BCUT2D eigenvalue weighted by Crippen LogP contribution is -2.54. The van der Waals surface area contributed by atoms with Crippen molar-refractivity contribution in [3.63, 3.8) is 0 Å². The summed E-state index contributed by atoms with van der Waals surface area (Å²) in [6, 6.07) is 11.7. The molecule has 0 radical (unpaired) electrons. The van der Waals surface area contributed by atoms with E-state index in [9.17, 15) is 17.6 Å². The van der Waals surface area contributed by atoms with E-state index in [1.807, 2.05) is 24.3 Å². The van der Waals surface area contributed by atoms with Crippen LogP contribution in [0.5, 0.6) is 0 Å². The van der Waals surface area contributed by atoms with E-state index in [-0.39, 0.29) is 23.4 Å². The predicted molar refractivity (Wildman–Crippen MR) is 113 cm³/mol. The van der Waals surface area contributed by atoms with Crippen LogP contribution in [-0.4, -0.2) is 30.7 Å². The van der Waals surface area contributed by atoms with Crippen LogP contribution in [0.4, 0.5) is 4.39 Å². The number of hydrogen-bond donors (Lipinski definition) is 1. The predicted octanol–water partition coefficient (Wildman–Crippen LogP) is 3.78. The third-order valence-corrected chi connectivity index (χ3v) is 8.00. The lowest BCUT2D eigenvalue weighted by atomic mass is 9.95. The quantitative estimate of drug-likeness (QED) is 0.751. The van der Waals surface area contributed by atoms with Crippen LogP contribution in [0.3, 0.4) is 0 Å². The van der Waals surface area contributed by atoms with Crippen molar-refractivity contribution in [2.45, 2.75) is 68.5 Å². The van der Waals surface area contributed by atoms with E-state index in [4.69, 9.17) is 0 Å². The van der Waals surface area contributed by atoms with Crippen LogP contribution >= 0.6 is 0 Å². The second-order valence-electron chi connectivity index (χ2n) is 8.19. The average Bonchev–Trinajstić information content (AvgIpc) is 3.01. The first-order valence-corrected chi connectivity index (χ1v) is 12.0. The number of benzene rings is 2. The molecule has 2 aromatic carbocycles. The van der Waals surface area contributed by atoms with Gasteiger partial charge in [-0.25, -0.2) is 12.8 Å². The molecule has 0 bridgehead atoms. The van der Waals surface area contributed by atoms with Crippen molar-refractivity contribution in [3.05, 3.63) is 65.5 Å². The second-order valence-corrected chi connectivity index (χ2v) is 10.1. The van der Waals surface area contributed by atoms with E-state index < -0.39 is 21.9 Å². The molecule has 1 aliphatic carbocycles. The minimum atomic E-state index is -3.96. The van der Waals surface area contributed by atoms with E-state index in [1.165, 1.54) is 29.3 Å². The molecule has 2 aromatic rings. The summed E-state index contributed by atoms with van der Waals surface area (Å²) < 4.78 is 41.4. The topological polar surface area (TPSA) is 66.5 Å². The van der Waals surface area contributed by atoms with Crippen molar-refractivity contribution in [1.82, 2.24) is 9.62 Å². The number of halogens is 1. The fraction of sp³-hybridized carbons (Fsp3) is 0.435. The Bertz CT molecular complexity index is 999. The van der Waals surface area contributed by atoms with Crippen molar-refractivity contribution in [1.29, 1.82) is 0 Å². The molecule has 160 valence electrons. The van der Waals surface area contributed by atoms with E-state index in [2.05, 4.69) is 5.32 Å². The van der Waals surface area contributed by atoms with Crippen LogP contribution in [0.15, 0.2) is 53.4 Å². The number of amides is 1. The SMILES string of the molecule is O=C(NC1CCCCCC1)[C@H]1Cc2ccccc2CN1S(=O)(=O)c1ccc(F)cc1. The summed E-state index contributed by atoms with van der Waals surface area (Å²) in [4.78, 5) is 13.2. The van der Waals surface area contributed by atoms with Gasteiger partial charge in [-0.2, -0.15) is 4.31 Å². The Kier molecular flexibility index (Phi) is 6.20. The Labute approximate surface area is 177 Å². The summed E-state index contributed by atoms with van der Waals surface area (Å²) in [7, 11) is -3.96. The molecular formula is C23H27FN2O3S. The molecule has 1 fully saturated rings. The van der Waals surface area contributed by atoms with Crippen LogP contribution in [0.2, 0.25) is 0 Å². The molecule has 1 saturated carbocycles. The van der Waals surface area contributed by atoms with Gasteiger partial charge in [-0.3, -0.25) is 4.79 Å². The molecule has 0 unspecified atom stereocenters. The van der Waals surface area contributed by atoms with Gasteiger partial charge in [0.15, 0.2) is 0 Å². The summed E-state index contributed by atoms with van der Waals surface area (Å²) >= 11 is 0. The summed E-state index contributed by atoms with van der Waals surface area (Å²) in [6.07, 6.45) is 6.70. The first-order valence-electron chi connectivity index (χ1n) is 10.6. The highest BCUT2D eigenvalue weighted by atomic mass is 32.2. The first-order chi connectivity index (χ1) is 14.4. The zero-order valence-electron chi connectivity index (χ0n) is 16.9. The normalized spacial score (nSPS) is 20.9. The molecule has 1 atom stereocenters. The fourth-order valence-corrected chi connectivity index (χ4v) is 6.00. The molecule has 4 rings (SSSR count). The summed E-state index contributed by atoms with van der Waals surface area (Å²) in [5.74, 6) is -0.748. The molecule has 5 nitrogen and oxygen atoms in total. The highest BCUT2D eigenvalue weighted by Gasteiger charge is 2.40. The van der Waals surface area contributed by atoms with Gasteiger partial charge in [0.25, 0.3) is 0 Å². The smallest absolute Gasteiger partial charge is 0.244 e. The number of fused-ring (bicyclic) bond motifs is 1. The Morgan fingerprint density at radius 3 is 2.23 bits per heavy atom. The molecule has 1 heterocycles. The van der Waals surface area contributed by atoms with Crippen molar-refractivity contribution < 1.29 is 17.6 Å². The highest BCUT2D eigenvalue weighted by molar-refractivity contribution is 7.89. The van der Waals surface area contributed by atoms with Gasteiger partial charge in [0.2, 0.25) is 15.9 Å². The van der Waals surface area contributed by atoms with Gasteiger partial charge in [0.05, 0.1) is 4.90 Å². The number of carbonyl (C=O) groups is 1. The molecule has 1 N–H and O–H groups in total. The van der Waals surface area contributed by atoms with Crippen LogP contribution in [0.25, 0.3) is 0 Å². The van der Waals surface area contributed by atoms with Gasteiger partial charge in [-0.15, -0.1) is 0 Å². The van der Waals surface area contributed by atoms with Gasteiger partial charge in [-0.1, -0.05) is 49.9 Å². The van der Waals surface area contributed by atoms with Gasteiger partial charge >= 0.3 is 0 Å². The van der Waals surface area contributed by atoms with Gasteiger partial charge in [0.1, 0.15) is 11.9 Å². The van der Waals surface area contributed by atoms with E-state index in [0.29, 0.717) is 6.42 Å². The number of sulfonamides is 1. The lowest BCUT2D eigenvalue weighted by Gasteiger charge is -2.35. The lowest BCUT2D eigenvalue weighted by molar-refractivity contribution is -0.126. The van der Waals surface area contributed by atoms with Gasteiger partial charge in [0, 0.05) is 12.6 Å². The zero-order chi connectivity index (χ0) is 21.1. The number of nitrogens with zero attached hydrogens (tertiary/aromatic N) is 1. The third kappa shape index (κ3) is 4.42. The van der Waals surface area contributed by atoms with Crippen LogP contribution in [-0.2, 0) is 27.8 Å².